The Morgan fingerprint density at radius 2 is 2.14 bits per heavy atom. The number of hydrogen-bond donors (Lipinski definition) is 1. The van der Waals surface area contributed by atoms with Crippen molar-refractivity contribution in [2.24, 2.45) is 5.92 Å². The Kier molecular flexibility index (Phi) is 5.52. The van der Waals surface area contributed by atoms with Gasteiger partial charge in [0.1, 0.15) is 11.5 Å². The molecule has 5 heteroatoms. The highest BCUT2D eigenvalue weighted by atomic mass is 16.5. The van der Waals surface area contributed by atoms with E-state index in [1.54, 1.807) is 14.2 Å². The van der Waals surface area contributed by atoms with Crippen molar-refractivity contribution in [3.8, 4) is 11.5 Å². The minimum atomic E-state index is -0.144. The minimum absolute atomic E-state index is 0.0103. The molecule has 0 saturated carbocycles. The smallest absolute Gasteiger partial charge is 0.317 e. The first-order valence-electron chi connectivity index (χ1n) is 7.82. The van der Waals surface area contributed by atoms with E-state index in [1.807, 2.05) is 30.0 Å². The molecule has 1 saturated heterocycles. The van der Waals surface area contributed by atoms with Crippen LogP contribution in [0.1, 0.15) is 38.3 Å². The zero-order valence-electron chi connectivity index (χ0n) is 13.9. The van der Waals surface area contributed by atoms with Crippen LogP contribution in [0.15, 0.2) is 18.2 Å². The van der Waals surface area contributed by atoms with Crippen LogP contribution < -0.4 is 14.8 Å². The molecule has 1 N–H and O–H groups in total. The number of likely N-dealkylation sites (tertiary alicyclic amines) is 1. The Labute approximate surface area is 132 Å². The van der Waals surface area contributed by atoms with E-state index in [2.05, 4.69) is 12.2 Å². The molecule has 1 aliphatic heterocycles. The Bertz CT molecular complexity index is 519. The number of ether oxygens (including phenoxy) is 2. The summed E-state index contributed by atoms with van der Waals surface area (Å²) in [7, 11) is 3.26. The fourth-order valence-electron chi connectivity index (χ4n) is 2.91. The molecule has 0 bridgehead atoms. The largest absolute Gasteiger partial charge is 0.497 e. The number of nitrogens with one attached hydrogen (secondary N) is 1. The van der Waals surface area contributed by atoms with Gasteiger partial charge in [0, 0.05) is 18.7 Å². The molecule has 2 unspecified atom stereocenters. The van der Waals surface area contributed by atoms with Crippen LogP contribution in [-0.4, -0.2) is 38.2 Å². The van der Waals surface area contributed by atoms with Crippen molar-refractivity contribution in [2.75, 3.05) is 27.3 Å². The van der Waals surface area contributed by atoms with Crippen LogP contribution >= 0.6 is 0 Å². The quantitative estimate of drug-likeness (QED) is 0.929. The van der Waals surface area contributed by atoms with Crippen molar-refractivity contribution in [1.29, 1.82) is 0 Å². The lowest BCUT2D eigenvalue weighted by Crippen LogP contribution is -2.45. The average Bonchev–Trinajstić information content (AvgIpc) is 2.54. The van der Waals surface area contributed by atoms with Crippen LogP contribution in [0, 0.1) is 5.92 Å². The van der Waals surface area contributed by atoms with E-state index in [-0.39, 0.29) is 12.1 Å². The van der Waals surface area contributed by atoms with Gasteiger partial charge < -0.3 is 19.7 Å². The predicted octanol–water partition coefficient (Wildman–Crippen LogP) is 3.21. The van der Waals surface area contributed by atoms with Crippen LogP contribution in [0.2, 0.25) is 0 Å². The number of urea groups is 1. The third-order valence-electron chi connectivity index (χ3n) is 4.19. The van der Waals surface area contributed by atoms with E-state index in [0.717, 1.165) is 36.6 Å². The molecule has 0 radical (unpaired) electrons. The molecule has 1 aromatic carbocycles. The van der Waals surface area contributed by atoms with Gasteiger partial charge >= 0.3 is 6.03 Å². The fraction of sp³-hybridized carbons (Fsp3) is 0.588. The van der Waals surface area contributed by atoms with Crippen LogP contribution in [0.25, 0.3) is 0 Å². The summed E-state index contributed by atoms with van der Waals surface area (Å²) in [6, 6.07) is 5.46. The predicted molar refractivity (Wildman–Crippen MR) is 86.5 cm³/mol. The van der Waals surface area contributed by atoms with Gasteiger partial charge in [-0.2, -0.15) is 0 Å². The van der Waals surface area contributed by atoms with Crippen molar-refractivity contribution >= 4 is 6.03 Å². The molecular formula is C17H26N2O3. The maximum absolute atomic E-state index is 12.4. The van der Waals surface area contributed by atoms with Gasteiger partial charge in [-0.1, -0.05) is 6.92 Å². The van der Waals surface area contributed by atoms with Gasteiger partial charge in [0.2, 0.25) is 0 Å². The third-order valence-corrected chi connectivity index (χ3v) is 4.19. The number of benzene rings is 1. The standard InChI is InChI=1S/C17H26N2O3/c1-12-6-5-9-19(11-12)17(20)18-13(2)15-10-14(21-3)7-8-16(15)22-4/h7-8,10,12-13H,5-6,9,11H2,1-4H3,(H,18,20). The van der Waals surface area contributed by atoms with Crippen molar-refractivity contribution in [2.45, 2.75) is 32.7 Å². The number of carbonyl (C=O) groups excluding carboxylic acids is 1. The highest BCUT2D eigenvalue weighted by Gasteiger charge is 2.23. The molecule has 0 spiro atoms. The molecule has 22 heavy (non-hydrogen) atoms. The Hall–Kier alpha value is -1.91. The molecule has 0 aromatic heterocycles. The molecule has 2 rings (SSSR count). The van der Waals surface area contributed by atoms with Crippen LogP contribution in [0.5, 0.6) is 11.5 Å². The molecular weight excluding hydrogens is 280 g/mol. The number of rotatable bonds is 4. The summed E-state index contributed by atoms with van der Waals surface area (Å²) in [4.78, 5) is 14.3. The molecule has 2 atom stereocenters. The monoisotopic (exact) mass is 306 g/mol. The molecule has 122 valence electrons. The number of methoxy groups -OCH3 is 2. The molecule has 5 nitrogen and oxygen atoms in total. The van der Waals surface area contributed by atoms with Crippen molar-refractivity contribution in [3.05, 3.63) is 23.8 Å². The normalized spacial score (nSPS) is 19.5. The summed E-state index contributed by atoms with van der Waals surface area (Å²) in [6.07, 6.45) is 2.27. The number of hydrogen-bond acceptors (Lipinski definition) is 3. The van der Waals surface area contributed by atoms with E-state index >= 15 is 0 Å². The summed E-state index contributed by atoms with van der Waals surface area (Å²) >= 11 is 0. The zero-order valence-corrected chi connectivity index (χ0v) is 13.9. The van der Waals surface area contributed by atoms with Gasteiger partial charge in [0.05, 0.1) is 20.3 Å². The Morgan fingerprint density at radius 3 is 2.77 bits per heavy atom. The maximum Gasteiger partial charge on any atom is 0.317 e. The van der Waals surface area contributed by atoms with Gasteiger partial charge in [-0.3, -0.25) is 0 Å². The van der Waals surface area contributed by atoms with Crippen molar-refractivity contribution < 1.29 is 14.3 Å². The number of nitrogens with zero attached hydrogens (tertiary/aromatic N) is 1. The van der Waals surface area contributed by atoms with E-state index in [4.69, 9.17) is 9.47 Å². The highest BCUT2D eigenvalue weighted by Crippen LogP contribution is 2.29. The zero-order chi connectivity index (χ0) is 16.1. The number of carbonyl (C=O) groups is 1. The Morgan fingerprint density at radius 1 is 1.36 bits per heavy atom. The van der Waals surface area contributed by atoms with Gasteiger partial charge in [-0.05, 0) is 43.9 Å². The summed E-state index contributed by atoms with van der Waals surface area (Å²) < 4.78 is 10.7. The first-order valence-corrected chi connectivity index (χ1v) is 7.82. The van der Waals surface area contributed by atoms with Gasteiger partial charge in [-0.25, -0.2) is 4.79 Å². The van der Waals surface area contributed by atoms with E-state index in [1.165, 1.54) is 6.42 Å². The lowest BCUT2D eigenvalue weighted by Gasteiger charge is -2.32. The second kappa shape index (κ2) is 7.38. The number of piperidine rings is 1. The first-order chi connectivity index (χ1) is 10.5. The SMILES string of the molecule is COc1ccc(OC)c(C(C)NC(=O)N2CCCC(C)C2)c1. The molecule has 1 heterocycles. The summed E-state index contributed by atoms with van der Waals surface area (Å²) in [5.74, 6) is 2.07. The second-order valence-electron chi connectivity index (χ2n) is 5.97. The molecule has 2 amide bonds. The van der Waals surface area contributed by atoms with Crippen molar-refractivity contribution in [3.63, 3.8) is 0 Å². The van der Waals surface area contributed by atoms with Gasteiger partial charge in [-0.15, -0.1) is 0 Å². The summed E-state index contributed by atoms with van der Waals surface area (Å²) in [5.41, 5.74) is 0.917. The third kappa shape index (κ3) is 3.84. The summed E-state index contributed by atoms with van der Waals surface area (Å²) in [5, 5.41) is 3.06. The van der Waals surface area contributed by atoms with Crippen LogP contribution in [0.3, 0.4) is 0 Å². The van der Waals surface area contributed by atoms with E-state index < -0.39 is 0 Å². The van der Waals surface area contributed by atoms with E-state index in [0.29, 0.717) is 5.92 Å². The summed E-state index contributed by atoms with van der Waals surface area (Å²) in [6.45, 7) is 5.81. The second-order valence-corrected chi connectivity index (χ2v) is 5.97. The first kappa shape index (κ1) is 16.5. The topological polar surface area (TPSA) is 50.8 Å². The average molecular weight is 306 g/mol. The van der Waals surface area contributed by atoms with E-state index in [9.17, 15) is 4.79 Å². The van der Waals surface area contributed by atoms with Gasteiger partial charge in [0.15, 0.2) is 0 Å². The number of amides is 2. The lowest BCUT2D eigenvalue weighted by atomic mass is 10.0. The molecule has 1 aliphatic rings. The lowest BCUT2D eigenvalue weighted by molar-refractivity contribution is 0.167. The molecule has 0 aliphatic carbocycles. The molecule has 1 fully saturated rings. The van der Waals surface area contributed by atoms with Crippen LogP contribution in [0.4, 0.5) is 4.79 Å². The fourth-order valence-corrected chi connectivity index (χ4v) is 2.91. The minimum Gasteiger partial charge on any atom is -0.497 e. The van der Waals surface area contributed by atoms with Crippen LogP contribution in [-0.2, 0) is 0 Å². The Balaban J connectivity index is 2.07. The molecule has 1 aromatic rings. The highest BCUT2D eigenvalue weighted by molar-refractivity contribution is 5.75. The van der Waals surface area contributed by atoms with Gasteiger partial charge in [0.25, 0.3) is 0 Å². The maximum atomic E-state index is 12.4. The van der Waals surface area contributed by atoms with Crippen molar-refractivity contribution in [1.82, 2.24) is 10.2 Å².